The fraction of sp³-hybridized carbons (Fsp3) is 0.333. The average molecular weight is 402 g/mol. The summed E-state index contributed by atoms with van der Waals surface area (Å²) < 4.78 is 20.6. The van der Waals surface area contributed by atoms with E-state index >= 15 is 0 Å². The molecule has 148 valence electrons. The summed E-state index contributed by atoms with van der Waals surface area (Å²) in [6.07, 6.45) is -0.306. The molecule has 1 fully saturated rings. The molecule has 7 heteroatoms. The number of hydrogen-bond donors (Lipinski definition) is 2. The van der Waals surface area contributed by atoms with Crippen LogP contribution in [0.5, 0.6) is 0 Å². The number of nitrogens with zero attached hydrogens (tertiary/aromatic N) is 1. The fourth-order valence-electron chi connectivity index (χ4n) is 3.81. The van der Waals surface area contributed by atoms with E-state index in [0.29, 0.717) is 11.1 Å². The number of halogens is 1. The molecule has 1 unspecified atom stereocenters. The van der Waals surface area contributed by atoms with Gasteiger partial charge < -0.3 is 14.7 Å². The number of rotatable bonds is 4. The lowest BCUT2D eigenvalue weighted by Crippen LogP contribution is -2.57. The Hall–Kier alpha value is -2.35. The summed E-state index contributed by atoms with van der Waals surface area (Å²) in [5.41, 5.74) is -0.203. The Kier molecular flexibility index (Phi) is 6.07. The van der Waals surface area contributed by atoms with Gasteiger partial charge in [-0.15, -0.1) is 0 Å². The number of aliphatic hydroxyl groups is 1. The number of ether oxygens (including phenoxy) is 1. The molecule has 0 aliphatic carbocycles. The predicted octanol–water partition coefficient (Wildman–Crippen LogP) is 2.69. The highest BCUT2D eigenvalue weighted by Gasteiger charge is 2.53. The third-order valence-electron chi connectivity index (χ3n) is 5.44. The van der Waals surface area contributed by atoms with E-state index in [4.69, 9.17) is 17.0 Å². The van der Waals surface area contributed by atoms with Crippen molar-refractivity contribution in [2.45, 2.75) is 18.6 Å². The van der Waals surface area contributed by atoms with Gasteiger partial charge in [0.25, 0.3) is 5.91 Å². The van der Waals surface area contributed by atoms with E-state index in [9.17, 15) is 14.3 Å². The van der Waals surface area contributed by atoms with Crippen LogP contribution in [-0.4, -0.2) is 47.4 Å². The standard InChI is InChI=1S/C21H23FN2O3S/c1-14-17(12-25)21(13-27-14,16-10-6-7-11-18(16)22)24(2)20(28)23-19(26)15-8-4-3-5-9-15/h3-11,14,17,25H,12-13H2,1-2H3,(H,23,26,28)/t14-,17?,21-/m1/s1. The number of likely N-dealkylation sites (N-methyl/N-ethyl adjacent to an activating group) is 1. The maximum atomic E-state index is 14.8. The Labute approximate surface area is 169 Å². The van der Waals surface area contributed by atoms with Crippen molar-refractivity contribution < 1.29 is 19.0 Å². The summed E-state index contributed by atoms with van der Waals surface area (Å²) in [5.74, 6) is -1.20. The van der Waals surface area contributed by atoms with Crippen molar-refractivity contribution >= 4 is 23.2 Å². The molecule has 3 rings (SSSR count). The molecular formula is C21H23FN2O3S. The predicted molar refractivity (Wildman–Crippen MR) is 108 cm³/mol. The first kappa shape index (κ1) is 20.4. The van der Waals surface area contributed by atoms with Crippen LogP contribution in [-0.2, 0) is 10.3 Å². The Morgan fingerprint density at radius 3 is 2.57 bits per heavy atom. The molecule has 5 nitrogen and oxygen atoms in total. The lowest BCUT2D eigenvalue weighted by atomic mass is 9.77. The number of amides is 1. The van der Waals surface area contributed by atoms with Gasteiger partial charge in [0, 0.05) is 24.1 Å². The van der Waals surface area contributed by atoms with Gasteiger partial charge in [-0.25, -0.2) is 4.39 Å². The van der Waals surface area contributed by atoms with E-state index < -0.39 is 17.3 Å². The van der Waals surface area contributed by atoms with Gasteiger partial charge in [-0.05, 0) is 37.3 Å². The second kappa shape index (κ2) is 8.34. The van der Waals surface area contributed by atoms with Crippen LogP contribution in [0, 0.1) is 11.7 Å². The zero-order chi connectivity index (χ0) is 20.3. The molecule has 0 saturated carbocycles. The Morgan fingerprint density at radius 1 is 1.29 bits per heavy atom. The van der Waals surface area contributed by atoms with Crippen molar-refractivity contribution in [3.05, 3.63) is 71.5 Å². The first-order valence-electron chi connectivity index (χ1n) is 9.03. The van der Waals surface area contributed by atoms with Crippen LogP contribution in [0.25, 0.3) is 0 Å². The van der Waals surface area contributed by atoms with E-state index in [0.717, 1.165) is 0 Å². The van der Waals surface area contributed by atoms with Gasteiger partial charge >= 0.3 is 0 Å². The minimum absolute atomic E-state index is 0.133. The second-order valence-electron chi connectivity index (χ2n) is 6.89. The lowest BCUT2D eigenvalue weighted by Gasteiger charge is -2.43. The van der Waals surface area contributed by atoms with E-state index in [1.165, 1.54) is 6.07 Å². The first-order valence-corrected chi connectivity index (χ1v) is 9.44. The monoisotopic (exact) mass is 402 g/mol. The number of aliphatic hydroxyl groups excluding tert-OH is 1. The van der Waals surface area contributed by atoms with Crippen LogP contribution in [0.15, 0.2) is 54.6 Å². The van der Waals surface area contributed by atoms with E-state index in [-0.39, 0.29) is 30.3 Å². The largest absolute Gasteiger partial charge is 0.396 e. The van der Waals surface area contributed by atoms with Crippen LogP contribution < -0.4 is 5.32 Å². The zero-order valence-electron chi connectivity index (χ0n) is 15.8. The van der Waals surface area contributed by atoms with Crippen LogP contribution >= 0.6 is 12.2 Å². The molecule has 28 heavy (non-hydrogen) atoms. The van der Waals surface area contributed by atoms with Gasteiger partial charge in [0.1, 0.15) is 11.4 Å². The molecule has 2 aromatic carbocycles. The highest BCUT2D eigenvalue weighted by atomic mass is 32.1. The smallest absolute Gasteiger partial charge is 0.257 e. The number of thiocarbonyl (C=S) groups is 1. The summed E-state index contributed by atoms with van der Waals surface area (Å²) in [4.78, 5) is 14.1. The highest BCUT2D eigenvalue weighted by molar-refractivity contribution is 7.80. The summed E-state index contributed by atoms with van der Waals surface area (Å²) in [6, 6.07) is 15.1. The average Bonchev–Trinajstić information content (AvgIpc) is 3.05. The van der Waals surface area contributed by atoms with Crippen LogP contribution in [0.4, 0.5) is 4.39 Å². The fourth-order valence-corrected chi connectivity index (χ4v) is 4.06. The highest BCUT2D eigenvalue weighted by Crippen LogP contribution is 2.44. The SMILES string of the molecule is C[C@H]1OC[C@](c2ccccc2F)(N(C)C(=S)NC(=O)c2ccccc2)C1CO. The van der Waals surface area contributed by atoms with Crippen molar-refractivity contribution in [3.8, 4) is 0 Å². The van der Waals surface area contributed by atoms with Crippen molar-refractivity contribution in [2.75, 3.05) is 20.3 Å². The third-order valence-corrected chi connectivity index (χ3v) is 5.82. The van der Waals surface area contributed by atoms with Crippen molar-refractivity contribution in [2.24, 2.45) is 5.92 Å². The van der Waals surface area contributed by atoms with Crippen LogP contribution in [0.1, 0.15) is 22.8 Å². The van der Waals surface area contributed by atoms with Crippen LogP contribution in [0.2, 0.25) is 0 Å². The minimum atomic E-state index is -1.04. The number of benzene rings is 2. The summed E-state index contributed by atoms with van der Waals surface area (Å²) in [6.45, 7) is 1.76. The van der Waals surface area contributed by atoms with E-state index in [1.54, 1.807) is 54.4 Å². The van der Waals surface area contributed by atoms with Crippen molar-refractivity contribution in [1.82, 2.24) is 10.2 Å². The molecule has 1 aliphatic heterocycles. The van der Waals surface area contributed by atoms with Gasteiger partial charge in [-0.3, -0.25) is 10.1 Å². The quantitative estimate of drug-likeness (QED) is 0.770. The summed E-state index contributed by atoms with van der Waals surface area (Å²) in [7, 11) is 1.68. The Bertz CT molecular complexity index is 864. The number of hydrogen-bond acceptors (Lipinski definition) is 4. The Balaban J connectivity index is 1.96. The first-order chi connectivity index (χ1) is 13.4. The molecule has 1 heterocycles. The molecule has 2 aromatic rings. The minimum Gasteiger partial charge on any atom is -0.396 e. The van der Waals surface area contributed by atoms with E-state index in [2.05, 4.69) is 5.32 Å². The van der Waals surface area contributed by atoms with Gasteiger partial charge in [0.05, 0.1) is 19.3 Å². The molecule has 3 atom stereocenters. The molecule has 0 spiro atoms. The van der Waals surface area contributed by atoms with Crippen LogP contribution in [0.3, 0.4) is 0 Å². The summed E-state index contributed by atoms with van der Waals surface area (Å²) in [5, 5.41) is 12.9. The van der Waals surface area contributed by atoms with Crippen molar-refractivity contribution in [1.29, 1.82) is 0 Å². The topological polar surface area (TPSA) is 61.8 Å². The van der Waals surface area contributed by atoms with Gasteiger partial charge in [-0.2, -0.15) is 0 Å². The molecule has 1 saturated heterocycles. The number of nitrogens with one attached hydrogen (secondary N) is 1. The molecule has 1 aliphatic rings. The number of carbonyl (C=O) groups excluding carboxylic acids is 1. The maximum absolute atomic E-state index is 14.8. The molecule has 0 bridgehead atoms. The Morgan fingerprint density at radius 2 is 1.93 bits per heavy atom. The number of carbonyl (C=O) groups is 1. The molecule has 2 N–H and O–H groups in total. The molecular weight excluding hydrogens is 379 g/mol. The third kappa shape index (κ3) is 3.53. The van der Waals surface area contributed by atoms with Gasteiger partial charge in [0.2, 0.25) is 0 Å². The second-order valence-corrected chi connectivity index (χ2v) is 7.28. The van der Waals surface area contributed by atoms with Gasteiger partial charge in [0.15, 0.2) is 5.11 Å². The van der Waals surface area contributed by atoms with Gasteiger partial charge in [-0.1, -0.05) is 36.4 Å². The maximum Gasteiger partial charge on any atom is 0.257 e. The molecule has 0 aromatic heterocycles. The molecule has 0 radical (unpaired) electrons. The lowest BCUT2D eigenvalue weighted by molar-refractivity contribution is 0.0823. The van der Waals surface area contributed by atoms with E-state index in [1.807, 2.05) is 13.0 Å². The zero-order valence-corrected chi connectivity index (χ0v) is 16.6. The molecule has 1 amide bonds. The summed E-state index contributed by atoms with van der Waals surface area (Å²) >= 11 is 5.48. The van der Waals surface area contributed by atoms with Crippen molar-refractivity contribution in [3.63, 3.8) is 0 Å². The normalized spacial score (nSPS) is 24.0.